The molecule has 0 aromatic carbocycles. The van der Waals surface area contributed by atoms with E-state index >= 15 is 0 Å². The molecule has 3 heterocycles. The Hall–Kier alpha value is -1.95. The first-order valence-corrected chi connectivity index (χ1v) is 4.97. The van der Waals surface area contributed by atoms with Crippen molar-refractivity contribution in [3.8, 4) is 11.3 Å². The van der Waals surface area contributed by atoms with E-state index < -0.39 is 0 Å². The summed E-state index contributed by atoms with van der Waals surface area (Å²) in [6.45, 7) is 0. The lowest BCUT2D eigenvalue weighted by atomic mass is 10.2. The maximum absolute atomic E-state index is 5.83. The van der Waals surface area contributed by atoms with Gasteiger partial charge in [0.15, 0.2) is 5.65 Å². The number of aromatic amines is 1. The van der Waals surface area contributed by atoms with Crippen LogP contribution in [0.5, 0.6) is 0 Å². The van der Waals surface area contributed by atoms with E-state index in [9.17, 15) is 0 Å². The summed E-state index contributed by atoms with van der Waals surface area (Å²) in [4.78, 5) is 15.2. The number of nitrogens with one attached hydrogen (secondary N) is 1. The van der Waals surface area contributed by atoms with Gasteiger partial charge in [-0.3, -0.25) is 4.68 Å². The van der Waals surface area contributed by atoms with Crippen LogP contribution in [0, 0.1) is 0 Å². The first-order chi connectivity index (χ1) is 7.74. The Balaban J connectivity index is 2.33. The molecule has 0 saturated heterocycles. The molecule has 0 saturated carbocycles. The van der Waals surface area contributed by atoms with Crippen LogP contribution in [0.2, 0.25) is 5.28 Å². The highest BCUT2D eigenvalue weighted by molar-refractivity contribution is 6.28. The number of halogens is 1. The van der Waals surface area contributed by atoms with Crippen molar-refractivity contribution in [3.05, 3.63) is 24.0 Å². The molecule has 0 radical (unpaired) electrons. The van der Waals surface area contributed by atoms with Crippen molar-refractivity contribution in [1.29, 1.82) is 0 Å². The number of fused-ring (bicyclic) bond motifs is 1. The Morgan fingerprint density at radius 1 is 1.38 bits per heavy atom. The molecular formula is C9H7ClN6. The summed E-state index contributed by atoms with van der Waals surface area (Å²) in [5, 5.41) is 4.27. The van der Waals surface area contributed by atoms with Crippen molar-refractivity contribution in [2.24, 2.45) is 7.05 Å². The number of hydrogen-bond acceptors (Lipinski definition) is 4. The summed E-state index contributed by atoms with van der Waals surface area (Å²) in [6.07, 6.45) is 5.15. The highest BCUT2D eigenvalue weighted by atomic mass is 35.5. The maximum Gasteiger partial charge on any atom is 0.225 e. The van der Waals surface area contributed by atoms with Gasteiger partial charge in [0.2, 0.25) is 5.28 Å². The molecule has 0 aliphatic carbocycles. The van der Waals surface area contributed by atoms with Crippen LogP contribution in [-0.4, -0.2) is 29.7 Å². The fourth-order valence-electron chi connectivity index (χ4n) is 1.56. The third kappa shape index (κ3) is 1.35. The molecule has 0 aliphatic rings. The van der Waals surface area contributed by atoms with E-state index in [4.69, 9.17) is 11.6 Å². The van der Waals surface area contributed by atoms with Crippen molar-refractivity contribution in [1.82, 2.24) is 29.7 Å². The lowest BCUT2D eigenvalue weighted by Gasteiger charge is -1.98. The Morgan fingerprint density at radius 3 is 3.00 bits per heavy atom. The van der Waals surface area contributed by atoms with E-state index in [0.717, 1.165) is 11.1 Å². The topological polar surface area (TPSA) is 72.3 Å². The molecule has 80 valence electrons. The normalized spacial score (nSPS) is 11.1. The summed E-state index contributed by atoms with van der Waals surface area (Å²) >= 11 is 5.83. The second-order valence-corrected chi connectivity index (χ2v) is 3.68. The van der Waals surface area contributed by atoms with Crippen molar-refractivity contribution >= 4 is 22.8 Å². The average molecular weight is 235 g/mol. The summed E-state index contributed by atoms with van der Waals surface area (Å²) in [7, 11) is 1.84. The van der Waals surface area contributed by atoms with E-state index in [0.29, 0.717) is 11.3 Å². The van der Waals surface area contributed by atoms with E-state index in [2.05, 4.69) is 25.0 Å². The molecule has 16 heavy (non-hydrogen) atoms. The summed E-state index contributed by atoms with van der Waals surface area (Å²) in [6, 6.07) is 0. The van der Waals surface area contributed by atoms with Gasteiger partial charge in [-0.15, -0.1) is 0 Å². The van der Waals surface area contributed by atoms with Gasteiger partial charge in [0.25, 0.3) is 0 Å². The average Bonchev–Trinajstić information content (AvgIpc) is 2.84. The van der Waals surface area contributed by atoms with Crippen molar-refractivity contribution < 1.29 is 0 Å². The molecule has 0 fully saturated rings. The van der Waals surface area contributed by atoms with Gasteiger partial charge in [0, 0.05) is 18.8 Å². The number of aryl methyl sites for hydroxylation is 1. The number of imidazole rings is 1. The molecule has 0 bridgehead atoms. The third-order valence-corrected chi connectivity index (χ3v) is 2.41. The molecule has 0 amide bonds. The lowest BCUT2D eigenvalue weighted by Crippen LogP contribution is -1.90. The third-order valence-electron chi connectivity index (χ3n) is 2.24. The van der Waals surface area contributed by atoms with Crippen LogP contribution in [0.4, 0.5) is 0 Å². The van der Waals surface area contributed by atoms with Gasteiger partial charge < -0.3 is 4.98 Å². The maximum atomic E-state index is 5.83. The van der Waals surface area contributed by atoms with Crippen LogP contribution >= 0.6 is 11.6 Å². The standard InChI is InChI=1S/C9H7ClN6/c1-16-3-5(2-13-16)6-7-8(12-4-11-7)15-9(10)14-6/h2-4H,1H3,(H,11,12,14,15). The van der Waals surface area contributed by atoms with Crippen LogP contribution in [0.25, 0.3) is 22.4 Å². The number of aromatic nitrogens is 6. The molecule has 3 aromatic heterocycles. The summed E-state index contributed by atoms with van der Waals surface area (Å²) < 4.78 is 1.70. The molecule has 0 spiro atoms. The second kappa shape index (κ2) is 3.28. The monoisotopic (exact) mass is 234 g/mol. The molecule has 0 atom stereocenters. The zero-order valence-electron chi connectivity index (χ0n) is 8.35. The number of nitrogens with zero attached hydrogens (tertiary/aromatic N) is 5. The van der Waals surface area contributed by atoms with Crippen LogP contribution in [0.3, 0.4) is 0 Å². The minimum Gasteiger partial charge on any atom is -0.341 e. The van der Waals surface area contributed by atoms with Gasteiger partial charge in [0.1, 0.15) is 11.2 Å². The minimum absolute atomic E-state index is 0.179. The molecule has 3 aromatic rings. The van der Waals surface area contributed by atoms with Crippen LogP contribution in [0.15, 0.2) is 18.7 Å². The Bertz CT molecular complexity index is 655. The van der Waals surface area contributed by atoms with Crippen LogP contribution in [0.1, 0.15) is 0 Å². The molecule has 6 nitrogen and oxygen atoms in total. The largest absolute Gasteiger partial charge is 0.341 e. The van der Waals surface area contributed by atoms with Gasteiger partial charge in [-0.2, -0.15) is 10.1 Å². The quantitative estimate of drug-likeness (QED) is 0.646. The number of H-pyrrole nitrogens is 1. The van der Waals surface area contributed by atoms with Gasteiger partial charge in [-0.05, 0) is 11.6 Å². The molecule has 7 heteroatoms. The summed E-state index contributed by atoms with van der Waals surface area (Å²) in [5.41, 5.74) is 2.90. The molecular weight excluding hydrogens is 228 g/mol. The smallest absolute Gasteiger partial charge is 0.225 e. The van der Waals surface area contributed by atoms with Crippen LogP contribution < -0.4 is 0 Å². The van der Waals surface area contributed by atoms with Gasteiger partial charge in [-0.25, -0.2) is 9.97 Å². The highest BCUT2D eigenvalue weighted by Crippen LogP contribution is 2.24. The van der Waals surface area contributed by atoms with E-state index in [1.165, 1.54) is 0 Å². The highest BCUT2D eigenvalue weighted by Gasteiger charge is 2.11. The predicted octanol–water partition coefficient (Wildman–Crippen LogP) is 1.41. The fourth-order valence-corrected chi connectivity index (χ4v) is 1.72. The molecule has 1 N–H and O–H groups in total. The van der Waals surface area contributed by atoms with Crippen molar-refractivity contribution in [2.75, 3.05) is 0 Å². The van der Waals surface area contributed by atoms with E-state index in [1.807, 2.05) is 13.2 Å². The Kier molecular flexibility index (Phi) is 1.90. The summed E-state index contributed by atoms with van der Waals surface area (Å²) in [5.74, 6) is 0. The zero-order chi connectivity index (χ0) is 11.1. The van der Waals surface area contributed by atoms with E-state index in [-0.39, 0.29) is 5.28 Å². The molecule has 3 rings (SSSR count). The Morgan fingerprint density at radius 2 is 2.25 bits per heavy atom. The van der Waals surface area contributed by atoms with Gasteiger partial charge >= 0.3 is 0 Å². The molecule has 0 aliphatic heterocycles. The number of hydrogen-bond donors (Lipinski definition) is 1. The lowest BCUT2D eigenvalue weighted by molar-refractivity contribution is 0.768. The number of rotatable bonds is 1. The van der Waals surface area contributed by atoms with E-state index in [1.54, 1.807) is 17.2 Å². The Labute approximate surface area is 95.3 Å². The van der Waals surface area contributed by atoms with Gasteiger partial charge in [0.05, 0.1) is 12.5 Å². The first-order valence-electron chi connectivity index (χ1n) is 4.59. The molecule has 0 unspecified atom stereocenters. The van der Waals surface area contributed by atoms with Crippen LogP contribution in [-0.2, 0) is 7.05 Å². The zero-order valence-corrected chi connectivity index (χ0v) is 9.10. The second-order valence-electron chi connectivity index (χ2n) is 3.35. The predicted molar refractivity (Wildman–Crippen MR) is 58.9 cm³/mol. The van der Waals surface area contributed by atoms with Gasteiger partial charge in [-0.1, -0.05) is 0 Å². The minimum atomic E-state index is 0.179. The van der Waals surface area contributed by atoms with Crippen molar-refractivity contribution in [3.63, 3.8) is 0 Å². The van der Waals surface area contributed by atoms with Crippen molar-refractivity contribution in [2.45, 2.75) is 0 Å². The first kappa shape index (κ1) is 9.29. The SMILES string of the molecule is Cn1cc(-c2nc(Cl)nc3nc[nH]c23)cn1. The fraction of sp³-hybridized carbons (Fsp3) is 0.111.